The van der Waals surface area contributed by atoms with Crippen molar-refractivity contribution in [2.75, 3.05) is 37.8 Å². The van der Waals surface area contributed by atoms with E-state index in [1.54, 1.807) is 49.1 Å². The standard InChI is InChI=1S/C25H27N15O2/c26-35-31-15-25(16-32-36-27)17-38(9-10-42-25)13-19-1-4-22(5-2-19)40(29)24(41)6-3-20-11-30-8-7-23(20)21-12-34-39(14-21)18-33-37-28/h1-8,11-12,14H,9-10,13,15-18,29H2/b6-3+. The fraction of sp³-hybridized carbons (Fsp3) is 0.320. The number of rotatable bonds is 12. The highest BCUT2D eigenvalue weighted by Crippen LogP contribution is 2.25. The molecule has 3 heterocycles. The average Bonchev–Trinajstić information content (AvgIpc) is 3.50. The van der Waals surface area contributed by atoms with Gasteiger partial charge < -0.3 is 4.74 Å². The van der Waals surface area contributed by atoms with Crippen LogP contribution in [0.1, 0.15) is 11.1 Å². The molecule has 0 saturated carbocycles. The number of ether oxygens (including phenoxy) is 1. The Morgan fingerprint density at radius 3 is 2.55 bits per heavy atom. The topological polar surface area (TPSA) is 236 Å². The summed E-state index contributed by atoms with van der Waals surface area (Å²) >= 11 is 0. The zero-order chi connectivity index (χ0) is 29.8. The van der Waals surface area contributed by atoms with Gasteiger partial charge in [0.2, 0.25) is 0 Å². The van der Waals surface area contributed by atoms with E-state index in [0.29, 0.717) is 37.5 Å². The van der Waals surface area contributed by atoms with Crippen LogP contribution in [0, 0.1) is 0 Å². The van der Waals surface area contributed by atoms with E-state index >= 15 is 0 Å². The fourth-order valence-corrected chi connectivity index (χ4v) is 4.48. The summed E-state index contributed by atoms with van der Waals surface area (Å²) < 4.78 is 7.36. The first-order valence-electron chi connectivity index (χ1n) is 12.7. The second-order valence-corrected chi connectivity index (χ2v) is 9.33. The van der Waals surface area contributed by atoms with Crippen LogP contribution in [0.4, 0.5) is 5.69 Å². The van der Waals surface area contributed by atoms with Crippen molar-refractivity contribution in [3.63, 3.8) is 0 Å². The van der Waals surface area contributed by atoms with E-state index in [1.165, 1.54) is 10.8 Å². The van der Waals surface area contributed by atoms with Crippen LogP contribution in [-0.2, 0) is 22.7 Å². The van der Waals surface area contributed by atoms with Crippen molar-refractivity contribution in [2.24, 2.45) is 21.2 Å². The zero-order valence-corrected chi connectivity index (χ0v) is 22.5. The van der Waals surface area contributed by atoms with Gasteiger partial charge in [-0.3, -0.25) is 19.4 Å². The van der Waals surface area contributed by atoms with Gasteiger partial charge in [-0.2, -0.15) is 5.10 Å². The summed E-state index contributed by atoms with van der Waals surface area (Å²) in [6.45, 7) is 2.20. The Morgan fingerprint density at radius 1 is 1.10 bits per heavy atom. The molecule has 0 radical (unpaired) electrons. The quantitative estimate of drug-likeness (QED) is 0.0633. The largest absolute Gasteiger partial charge is 0.372 e. The smallest absolute Gasteiger partial charge is 0.265 e. The molecule has 1 amide bonds. The van der Waals surface area contributed by atoms with Crippen LogP contribution >= 0.6 is 0 Å². The van der Waals surface area contributed by atoms with E-state index in [2.05, 4.69) is 45.1 Å². The molecule has 4 rings (SSSR count). The third-order valence-electron chi connectivity index (χ3n) is 6.50. The Hall–Kier alpha value is -5.40. The lowest BCUT2D eigenvalue weighted by Crippen LogP contribution is -2.55. The summed E-state index contributed by atoms with van der Waals surface area (Å²) in [5.41, 5.74) is 28.8. The molecule has 0 unspecified atom stereocenters. The molecule has 2 aromatic heterocycles. The Balaban J connectivity index is 1.40. The fourth-order valence-electron chi connectivity index (χ4n) is 4.48. The number of hydrogen-bond donors (Lipinski definition) is 1. The van der Waals surface area contributed by atoms with E-state index in [1.807, 2.05) is 12.1 Å². The van der Waals surface area contributed by atoms with E-state index in [9.17, 15) is 4.79 Å². The third-order valence-corrected chi connectivity index (χ3v) is 6.50. The number of pyridine rings is 1. The van der Waals surface area contributed by atoms with E-state index in [0.717, 1.165) is 21.7 Å². The maximum atomic E-state index is 12.9. The van der Waals surface area contributed by atoms with Crippen molar-refractivity contribution in [3.8, 4) is 11.1 Å². The Bertz CT molecular complexity index is 1540. The lowest BCUT2D eigenvalue weighted by atomic mass is 10.0. The maximum absolute atomic E-state index is 12.9. The second kappa shape index (κ2) is 14.3. The molecule has 1 aliphatic rings. The number of nitrogens with zero attached hydrogens (tertiary/aromatic N) is 14. The number of hydrazine groups is 1. The molecule has 17 heteroatoms. The zero-order valence-electron chi connectivity index (χ0n) is 22.5. The van der Waals surface area contributed by atoms with Crippen LogP contribution in [0.15, 0.2) is 76.5 Å². The lowest BCUT2D eigenvalue weighted by Gasteiger charge is -2.41. The van der Waals surface area contributed by atoms with Crippen molar-refractivity contribution in [1.82, 2.24) is 19.7 Å². The molecule has 42 heavy (non-hydrogen) atoms. The highest BCUT2D eigenvalue weighted by atomic mass is 16.5. The first kappa shape index (κ1) is 29.6. The van der Waals surface area contributed by atoms with Crippen LogP contribution in [0.25, 0.3) is 48.5 Å². The number of morpholine rings is 1. The number of benzene rings is 1. The van der Waals surface area contributed by atoms with Crippen LogP contribution in [0.2, 0.25) is 0 Å². The Kier molecular flexibility index (Phi) is 10.1. The summed E-state index contributed by atoms with van der Waals surface area (Å²) in [5, 5.41) is 16.0. The summed E-state index contributed by atoms with van der Waals surface area (Å²) in [5.74, 6) is 5.68. The van der Waals surface area contributed by atoms with Gasteiger partial charge in [0.15, 0.2) is 0 Å². The number of nitrogens with two attached hydrogens (primary N) is 1. The number of aromatic nitrogens is 3. The molecule has 3 aromatic rings. The Morgan fingerprint density at radius 2 is 1.83 bits per heavy atom. The van der Waals surface area contributed by atoms with Gasteiger partial charge in [-0.25, -0.2) is 10.9 Å². The first-order chi connectivity index (χ1) is 20.5. The van der Waals surface area contributed by atoms with Crippen molar-refractivity contribution in [1.29, 1.82) is 0 Å². The van der Waals surface area contributed by atoms with Crippen molar-refractivity contribution in [3.05, 3.63) is 104 Å². The Labute approximate surface area is 239 Å². The van der Waals surface area contributed by atoms with E-state index in [-0.39, 0.29) is 19.8 Å². The normalized spacial score (nSPS) is 16.7. The van der Waals surface area contributed by atoms with Gasteiger partial charge in [-0.15, -0.1) is 0 Å². The number of carbonyl (C=O) groups is 1. The predicted molar refractivity (Wildman–Crippen MR) is 154 cm³/mol. The van der Waals surface area contributed by atoms with Gasteiger partial charge in [0.25, 0.3) is 5.91 Å². The van der Waals surface area contributed by atoms with Gasteiger partial charge in [0.1, 0.15) is 6.67 Å². The lowest BCUT2D eigenvalue weighted by molar-refractivity contribution is -0.114. The maximum Gasteiger partial charge on any atom is 0.265 e. The van der Waals surface area contributed by atoms with Crippen molar-refractivity contribution < 1.29 is 9.53 Å². The van der Waals surface area contributed by atoms with Gasteiger partial charge in [0, 0.05) is 70.2 Å². The minimum absolute atomic E-state index is 0.0529. The monoisotopic (exact) mass is 569 g/mol. The molecule has 214 valence electrons. The molecule has 1 aromatic carbocycles. The summed E-state index contributed by atoms with van der Waals surface area (Å²) in [6, 6.07) is 9.05. The molecule has 1 aliphatic heterocycles. The molecule has 0 aliphatic carbocycles. The minimum atomic E-state index is -0.885. The van der Waals surface area contributed by atoms with Crippen molar-refractivity contribution >= 4 is 17.7 Å². The van der Waals surface area contributed by atoms with Crippen LogP contribution in [0.3, 0.4) is 0 Å². The molecule has 2 N–H and O–H groups in total. The molecular weight excluding hydrogens is 542 g/mol. The van der Waals surface area contributed by atoms with Crippen LogP contribution in [0.5, 0.6) is 0 Å². The SMILES string of the molecule is [N-]=[N+]=NCn1cc(-c2ccncc2/C=C/C(=O)N(N)c2ccc(CN3CCOC(CN=[N+]=[N-])(CN=[N+]=[N-])C3)cc2)cn1. The van der Waals surface area contributed by atoms with Gasteiger partial charge in [-0.1, -0.05) is 27.5 Å². The summed E-state index contributed by atoms with van der Waals surface area (Å²) in [4.78, 5) is 27.5. The third kappa shape index (κ3) is 7.62. The van der Waals surface area contributed by atoms with Gasteiger partial charge in [0.05, 0.1) is 37.2 Å². The van der Waals surface area contributed by atoms with E-state index < -0.39 is 11.5 Å². The summed E-state index contributed by atoms with van der Waals surface area (Å²) in [7, 11) is 0. The van der Waals surface area contributed by atoms with E-state index in [4.69, 9.17) is 27.2 Å². The molecule has 0 bridgehead atoms. The first-order valence-corrected chi connectivity index (χ1v) is 12.7. The number of amides is 1. The van der Waals surface area contributed by atoms with Crippen LogP contribution in [-0.4, -0.2) is 64.0 Å². The number of anilines is 1. The molecule has 0 spiro atoms. The highest BCUT2D eigenvalue weighted by molar-refractivity contribution is 6.03. The minimum Gasteiger partial charge on any atom is -0.372 e. The molecule has 17 nitrogen and oxygen atoms in total. The molecular formula is C25H27N15O2. The predicted octanol–water partition coefficient (Wildman–Crippen LogP) is 4.32. The number of azide groups is 3. The van der Waals surface area contributed by atoms with Gasteiger partial charge in [-0.05, 0) is 52.0 Å². The average molecular weight is 570 g/mol. The van der Waals surface area contributed by atoms with Crippen molar-refractivity contribution in [2.45, 2.75) is 18.8 Å². The molecule has 1 saturated heterocycles. The van der Waals surface area contributed by atoms with Gasteiger partial charge >= 0.3 is 0 Å². The van der Waals surface area contributed by atoms with Crippen LogP contribution < -0.4 is 10.9 Å². The molecule has 1 fully saturated rings. The second-order valence-electron chi connectivity index (χ2n) is 9.33. The summed E-state index contributed by atoms with van der Waals surface area (Å²) in [6.07, 6.45) is 9.61. The number of hydrogen-bond acceptors (Lipinski definition) is 9. The molecule has 0 atom stereocenters. The number of carbonyl (C=O) groups excluding carboxylic acids is 1. The highest BCUT2D eigenvalue weighted by Gasteiger charge is 2.35.